The lowest BCUT2D eigenvalue weighted by Gasteiger charge is -2.34. The molecule has 0 heterocycles. The normalized spacial score (nSPS) is 25.4. The van der Waals surface area contributed by atoms with Gasteiger partial charge in [0.1, 0.15) is 0 Å². The quantitative estimate of drug-likeness (QED) is 0.620. The van der Waals surface area contributed by atoms with Crippen LogP contribution in [0.2, 0.25) is 0 Å². The molecule has 2 N–H and O–H groups in total. The molecule has 1 aliphatic carbocycles. The highest BCUT2D eigenvalue weighted by atomic mass is 79.9. The van der Waals surface area contributed by atoms with Crippen LogP contribution in [0.15, 0.2) is 0 Å². The standard InChI is InChI=1S/C12H23BrN2O/c1-8(15-13)14-10(16)9-11(2,3)6-7-12(9,4)5/h8-9,15H,6-7H2,1-5H3,(H,14,16)/t8-/m0/s1. The van der Waals surface area contributed by atoms with Crippen molar-refractivity contribution in [2.24, 2.45) is 16.7 Å². The van der Waals surface area contributed by atoms with Crippen LogP contribution >= 0.6 is 16.1 Å². The van der Waals surface area contributed by atoms with E-state index in [4.69, 9.17) is 0 Å². The number of rotatable bonds is 3. The maximum atomic E-state index is 12.3. The minimum atomic E-state index is -0.0419. The number of hydrogen-bond donors (Lipinski definition) is 2. The number of carbonyl (C=O) groups is 1. The molecule has 1 saturated carbocycles. The molecule has 16 heavy (non-hydrogen) atoms. The zero-order valence-corrected chi connectivity index (χ0v) is 12.4. The second kappa shape index (κ2) is 4.65. The summed E-state index contributed by atoms with van der Waals surface area (Å²) in [6.07, 6.45) is 2.20. The van der Waals surface area contributed by atoms with E-state index in [1.54, 1.807) is 0 Å². The first-order valence-corrected chi connectivity index (χ1v) is 6.66. The fourth-order valence-electron chi connectivity index (χ4n) is 3.02. The van der Waals surface area contributed by atoms with Crippen molar-refractivity contribution in [3.8, 4) is 0 Å². The summed E-state index contributed by atoms with van der Waals surface area (Å²) in [5.41, 5.74) is 0.194. The largest absolute Gasteiger partial charge is 0.340 e. The van der Waals surface area contributed by atoms with Crippen molar-refractivity contribution in [3.05, 3.63) is 0 Å². The summed E-state index contributed by atoms with van der Waals surface area (Å²) in [6.45, 7) is 10.7. The molecule has 1 amide bonds. The molecule has 0 radical (unpaired) electrons. The first-order valence-electron chi connectivity index (χ1n) is 5.87. The second-order valence-corrected chi connectivity index (χ2v) is 6.71. The highest BCUT2D eigenvalue weighted by Gasteiger charge is 2.50. The Hall–Kier alpha value is -0.0900. The van der Waals surface area contributed by atoms with Crippen LogP contribution in [-0.4, -0.2) is 12.1 Å². The molecule has 0 aliphatic heterocycles. The van der Waals surface area contributed by atoms with Gasteiger partial charge in [0, 0.05) is 22.1 Å². The molecule has 1 rings (SSSR count). The number of carbonyl (C=O) groups excluding carboxylic acids is 1. The Kier molecular flexibility index (Phi) is 4.06. The fourth-order valence-corrected chi connectivity index (χ4v) is 3.14. The van der Waals surface area contributed by atoms with E-state index in [9.17, 15) is 4.79 Å². The van der Waals surface area contributed by atoms with E-state index >= 15 is 0 Å². The highest BCUT2D eigenvalue weighted by Crippen LogP contribution is 2.53. The van der Waals surface area contributed by atoms with Gasteiger partial charge in [-0.25, -0.2) is 4.34 Å². The molecule has 0 bridgehead atoms. The number of halogens is 1. The monoisotopic (exact) mass is 290 g/mol. The zero-order chi connectivity index (χ0) is 12.6. The van der Waals surface area contributed by atoms with Crippen molar-refractivity contribution >= 4 is 22.1 Å². The SMILES string of the molecule is C[C@H](NBr)NC(=O)C1C(C)(C)CCC1(C)C. The van der Waals surface area contributed by atoms with Gasteiger partial charge in [-0.2, -0.15) is 0 Å². The lowest BCUT2D eigenvalue weighted by molar-refractivity contribution is -0.131. The van der Waals surface area contributed by atoms with Crippen molar-refractivity contribution in [1.82, 2.24) is 9.66 Å². The van der Waals surface area contributed by atoms with Crippen LogP contribution in [0.1, 0.15) is 47.5 Å². The Balaban J connectivity index is 2.80. The Morgan fingerprint density at radius 2 is 1.69 bits per heavy atom. The van der Waals surface area contributed by atoms with Crippen molar-refractivity contribution < 1.29 is 4.79 Å². The Morgan fingerprint density at radius 1 is 1.25 bits per heavy atom. The Morgan fingerprint density at radius 3 is 2.06 bits per heavy atom. The maximum absolute atomic E-state index is 12.3. The summed E-state index contributed by atoms with van der Waals surface area (Å²) in [4.78, 5) is 12.3. The molecule has 0 aromatic carbocycles. The average Bonchev–Trinajstić information content (AvgIpc) is 2.35. The third kappa shape index (κ3) is 2.77. The van der Waals surface area contributed by atoms with Crippen LogP contribution in [0.5, 0.6) is 0 Å². The molecule has 0 unspecified atom stereocenters. The van der Waals surface area contributed by atoms with Crippen LogP contribution in [0.3, 0.4) is 0 Å². The first kappa shape index (κ1) is 14.0. The van der Waals surface area contributed by atoms with E-state index in [0.717, 1.165) is 12.8 Å². The Bertz CT molecular complexity index is 260. The van der Waals surface area contributed by atoms with Crippen molar-refractivity contribution in [2.45, 2.75) is 53.6 Å². The minimum Gasteiger partial charge on any atom is -0.340 e. The van der Waals surface area contributed by atoms with E-state index < -0.39 is 0 Å². The summed E-state index contributed by atoms with van der Waals surface area (Å²) in [5, 5.41) is 2.99. The minimum absolute atomic E-state index is 0.0419. The van der Waals surface area contributed by atoms with Gasteiger partial charge in [0.25, 0.3) is 0 Å². The van der Waals surface area contributed by atoms with Crippen LogP contribution in [0.25, 0.3) is 0 Å². The van der Waals surface area contributed by atoms with E-state index in [1.807, 2.05) is 6.92 Å². The molecule has 0 aromatic rings. The van der Waals surface area contributed by atoms with E-state index in [2.05, 4.69) is 53.5 Å². The molecule has 0 spiro atoms. The lowest BCUT2D eigenvalue weighted by Crippen LogP contribution is -2.48. The topological polar surface area (TPSA) is 41.1 Å². The summed E-state index contributed by atoms with van der Waals surface area (Å²) in [6, 6.07) is 0. The summed E-state index contributed by atoms with van der Waals surface area (Å²) < 4.78 is 2.85. The molecule has 94 valence electrons. The highest BCUT2D eigenvalue weighted by molar-refractivity contribution is 9.08. The van der Waals surface area contributed by atoms with Crippen molar-refractivity contribution in [2.75, 3.05) is 0 Å². The van der Waals surface area contributed by atoms with Crippen LogP contribution in [0.4, 0.5) is 0 Å². The Labute approximate surface area is 107 Å². The van der Waals surface area contributed by atoms with Gasteiger partial charge >= 0.3 is 0 Å². The molecule has 0 saturated heterocycles. The van der Waals surface area contributed by atoms with E-state index in [1.165, 1.54) is 0 Å². The molecular formula is C12H23BrN2O. The third-order valence-electron chi connectivity index (χ3n) is 3.76. The van der Waals surface area contributed by atoms with Crippen molar-refractivity contribution in [1.29, 1.82) is 0 Å². The summed E-state index contributed by atoms with van der Waals surface area (Å²) in [5.74, 6) is 0.246. The molecule has 1 aliphatic rings. The molecule has 1 atom stereocenters. The first-order chi connectivity index (χ1) is 7.20. The van der Waals surface area contributed by atoms with Gasteiger partial charge in [0.15, 0.2) is 0 Å². The smallest absolute Gasteiger partial charge is 0.225 e. The third-order valence-corrected chi connectivity index (χ3v) is 4.45. The van der Waals surface area contributed by atoms with E-state index in [-0.39, 0.29) is 28.8 Å². The molecule has 1 fully saturated rings. The van der Waals surface area contributed by atoms with Crippen LogP contribution < -0.4 is 9.66 Å². The maximum Gasteiger partial charge on any atom is 0.225 e. The zero-order valence-electron chi connectivity index (χ0n) is 10.9. The van der Waals surface area contributed by atoms with Gasteiger partial charge < -0.3 is 5.32 Å². The van der Waals surface area contributed by atoms with Gasteiger partial charge in [-0.3, -0.25) is 4.79 Å². The average molecular weight is 291 g/mol. The van der Waals surface area contributed by atoms with Crippen LogP contribution in [0, 0.1) is 16.7 Å². The van der Waals surface area contributed by atoms with Gasteiger partial charge in [-0.05, 0) is 30.6 Å². The summed E-state index contributed by atoms with van der Waals surface area (Å²) >= 11 is 3.14. The lowest BCUT2D eigenvalue weighted by atomic mass is 9.72. The van der Waals surface area contributed by atoms with Crippen LogP contribution in [-0.2, 0) is 4.79 Å². The number of amides is 1. The molecule has 4 heteroatoms. The fraction of sp³-hybridized carbons (Fsp3) is 0.917. The molecule has 0 aromatic heterocycles. The number of nitrogens with one attached hydrogen (secondary N) is 2. The van der Waals surface area contributed by atoms with Gasteiger partial charge in [-0.15, -0.1) is 0 Å². The van der Waals surface area contributed by atoms with Gasteiger partial charge in [0.2, 0.25) is 5.91 Å². The number of hydrogen-bond acceptors (Lipinski definition) is 2. The summed E-state index contributed by atoms with van der Waals surface area (Å²) in [7, 11) is 0. The predicted molar refractivity (Wildman–Crippen MR) is 70.0 cm³/mol. The van der Waals surface area contributed by atoms with E-state index in [0.29, 0.717) is 0 Å². The van der Waals surface area contributed by atoms with Gasteiger partial charge in [0.05, 0.1) is 6.17 Å². The molecular weight excluding hydrogens is 268 g/mol. The second-order valence-electron chi connectivity index (χ2n) is 6.25. The van der Waals surface area contributed by atoms with Crippen molar-refractivity contribution in [3.63, 3.8) is 0 Å². The predicted octanol–water partition coefficient (Wildman–Crippen LogP) is 2.81. The molecule has 3 nitrogen and oxygen atoms in total. The van der Waals surface area contributed by atoms with Gasteiger partial charge in [-0.1, -0.05) is 27.7 Å².